The van der Waals surface area contributed by atoms with Crippen LogP contribution in [-0.2, 0) is 27.2 Å². The number of nitrogens with zero attached hydrogens (tertiary/aromatic N) is 1. The molecule has 1 saturated heterocycles. The van der Waals surface area contributed by atoms with Crippen LogP contribution in [0.1, 0.15) is 25.0 Å². The summed E-state index contributed by atoms with van der Waals surface area (Å²) in [4.78, 5) is 13.9. The standard InChI is InChI=1S/C17H25NO4/c1-4-14-5-6-15(12-18-7-9-21-10-8-18)16(11-14)22-13(2)17(19)20-3/h5-6,11,13H,4,7-10,12H2,1-3H3. The fraction of sp³-hybridized carbons (Fsp3) is 0.588. The van der Waals surface area contributed by atoms with E-state index in [0.717, 1.165) is 50.6 Å². The van der Waals surface area contributed by atoms with Crippen LogP contribution in [0.2, 0.25) is 0 Å². The fourth-order valence-corrected chi connectivity index (χ4v) is 2.46. The molecule has 1 aromatic carbocycles. The van der Waals surface area contributed by atoms with Crippen molar-refractivity contribution in [3.05, 3.63) is 29.3 Å². The van der Waals surface area contributed by atoms with Crippen molar-refractivity contribution in [2.75, 3.05) is 33.4 Å². The van der Waals surface area contributed by atoms with Crippen LogP contribution in [0.25, 0.3) is 0 Å². The number of carbonyl (C=O) groups is 1. The van der Waals surface area contributed by atoms with Crippen LogP contribution >= 0.6 is 0 Å². The Labute approximate surface area is 132 Å². The Balaban J connectivity index is 2.14. The molecule has 1 heterocycles. The number of carbonyl (C=O) groups excluding carboxylic acids is 1. The van der Waals surface area contributed by atoms with E-state index in [1.807, 2.05) is 6.07 Å². The number of aryl methyl sites for hydroxylation is 1. The van der Waals surface area contributed by atoms with Crippen LogP contribution in [0.3, 0.4) is 0 Å². The first-order chi connectivity index (χ1) is 10.6. The molecule has 5 nitrogen and oxygen atoms in total. The van der Waals surface area contributed by atoms with E-state index in [4.69, 9.17) is 14.2 Å². The summed E-state index contributed by atoms with van der Waals surface area (Å²) in [6.07, 6.45) is 0.321. The Morgan fingerprint density at radius 3 is 2.73 bits per heavy atom. The summed E-state index contributed by atoms with van der Waals surface area (Å²) in [5, 5.41) is 0. The van der Waals surface area contributed by atoms with E-state index in [1.54, 1.807) is 6.92 Å². The minimum absolute atomic E-state index is 0.362. The van der Waals surface area contributed by atoms with Gasteiger partial charge in [-0.15, -0.1) is 0 Å². The van der Waals surface area contributed by atoms with Crippen molar-refractivity contribution in [3.63, 3.8) is 0 Å². The minimum Gasteiger partial charge on any atom is -0.479 e. The first kappa shape index (κ1) is 16.8. The number of methoxy groups -OCH3 is 1. The molecule has 1 unspecified atom stereocenters. The van der Waals surface area contributed by atoms with Gasteiger partial charge in [-0.1, -0.05) is 19.1 Å². The maximum absolute atomic E-state index is 11.6. The molecule has 1 aromatic rings. The molecular formula is C17H25NO4. The lowest BCUT2D eigenvalue weighted by Gasteiger charge is -2.27. The quantitative estimate of drug-likeness (QED) is 0.753. The molecule has 0 saturated carbocycles. The van der Waals surface area contributed by atoms with Gasteiger partial charge in [-0.2, -0.15) is 0 Å². The zero-order valence-electron chi connectivity index (χ0n) is 13.6. The van der Waals surface area contributed by atoms with Crippen LogP contribution in [0.15, 0.2) is 18.2 Å². The van der Waals surface area contributed by atoms with Crippen molar-refractivity contribution >= 4 is 5.97 Å². The maximum Gasteiger partial charge on any atom is 0.346 e. The highest BCUT2D eigenvalue weighted by Gasteiger charge is 2.19. The van der Waals surface area contributed by atoms with Gasteiger partial charge in [0.05, 0.1) is 20.3 Å². The molecule has 122 valence electrons. The lowest BCUT2D eigenvalue weighted by atomic mass is 10.1. The lowest BCUT2D eigenvalue weighted by molar-refractivity contribution is -0.147. The molecule has 0 radical (unpaired) electrons. The van der Waals surface area contributed by atoms with Crippen molar-refractivity contribution in [1.29, 1.82) is 0 Å². The van der Waals surface area contributed by atoms with E-state index < -0.39 is 6.10 Å². The second-order valence-corrected chi connectivity index (χ2v) is 5.47. The van der Waals surface area contributed by atoms with Crippen molar-refractivity contribution in [2.45, 2.75) is 32.9 Å². The van der Waals surface area contributed by atoms with Gasteiger partial charge in [-0.05, 0) is 25.0 Å². The predicted molar refractivity (Wildman–Crippen MR) is 84.0 cm³/mol. The Kier molecular flexibility index (Phi) is 6.21. The van der Waals surface area contributed by atoms with Crippen LogP contribution in [0.4, 0.5) is 0 Å². The fourth-order valence-electron chi connectivity index (χ4n) is 2.46. The molecule has 0 amide bonds. The molecule has 0 bridgehead atoms. The zero-order chi connectivity index (χ0) is 15.9. The Bertz CT molecular complexity index is 497. The van der Waals surface area contributed by atoms with Crippen molar-refractivity contribution in [1.82, 2.24) is 4.90 Å². The predicted octanol–water partition coefficient (Wildman–Crippen LogP) is 2.02. The van der Waals surface area contributed by atoms with Gasteiger partial charge in [-0.3, -0.25) is 4.90 Å². The number of hydrogen-bond acceptors (Lipinski definition) is 5. The largest absolute Gasteiger partial charge is 0.479 e. The Hall–Kier alpha value is -1.59. The summed E-state index contributed by atoms with van der Waals surface area (Å²) < 4.78 is 16.0. The maximum atomic E-state index is 11.6. The monoisotopic (exact) mass is 307 g/mol. The normalized spacial score (nSPS) is 17.0. The van der Waals surface area contributed by atoms with Crippen LogP contribution in [0, 0.1) is 0 Å². The first-order valence-electron chi connectivity index (χ1n) is 7.80. The van der Waals surface area contributed by atoms with Crippen molar-refractivity contribution in [2.24, 2.45) is 0 Å². The molecular weight excluding hydrogens is 282 g/mol. The number of hydrogen-bond donors (Lipinski definition) is 0. The number of rotatable bonds is 6. The van der Waals surface area contributed by atoms with E-state index >= 15 is 0 Å². The number of ether oxygens (including phenoxy) is 3. The average Bonchev–Trinajstić information content (AvgIpc) is 2.56. The molecule has 1 aliphatic heterocycles. The molecule has 0 aliphatic carbocycles. The zero-order valence-corrected chi connectivity index (χ0v) is 13.6. The third-order valence-corrected chi connectivity index (χ3v) is 3.87. The SMILES string of the molecule is CCc1ccc(CN2CCOCC2)c(OC(C)C(=O)OC)c1. The third kappa shape index (κ3) is 4.45. The number of benzene rings is 1. The van der Waals surface area contributed by atoms with Crippen LogP contribution in [0.5, 0.6) is 5.75 Å². The summed E-state index contributed by atoms with van der Waals surface area (Å²) in [5.74, 6) is 0.406. The van der Waals surface area contributed by atoms with Gasteiger partial charge in [0.1, 0.15) is 5.75 Å². The topological polar surface area (TPSA) is 48.0 Å². The summed E-state index contributed by atoms with van der Waals surface area (Å²) in [7, 11) is 1.37. The molecule has 2 rings (SSSR count). The first-order valence-corrected chi connectivity index (χ1v) is 7.80. The molecule has 22 heavy (non-hydrogen) atoms. The highest BCUT2D eigenvalue weighted by atomic mass is 16.6. The second-order valence-electron chi connectivity index (χ2n) is 5.47. The molecule has 1 aliphatic rings. The van der Waals surface area contributed by atoms with E-state index in [1.165, 1.54) is 12.7 Å². The molecule has 1 atom stereocenters. The Morgan fingerprint density at radius 1 is 1.36 bits per heavy atom. The molecule has 0 spiro atoms. The summed E-state index contributed by atoms with van der Waals surface area (Å²) in [6, 6.07) is 6.23. The molecule has 0 aromatic heterocycles. The summed E-state index contributed by atoms with van der Waals surface area (Å²) in [5.41, 5.74) is 2.28. The number of esters is 1. The summed E-state index contributed by atoms with van der Waals surface area (Å²) in [6.45, 7) is 7.98. The highest BCUT2D eigenvalue weighted by molar-refractivity contribution is 5.74. The van der Waals surface area contributed by atoms with Gasteiger partial charge in [0.15, 0.2) is 6.10 Å². The van der Waals surface area contributed by atoms with Crippen molar-refractivity contribution < 1.29 is 19.0 Å². The minimum atomic E-state index is -0.611. The van der Waals surface area contributed by atoms with Gasteiger partial charge in [0.2, 0.25) is 0 Å². The van der Waals surface area contributed by atoms with Gasteiger partial charge < -0.3 is 14.2 Å². The molecule has 1 fully saturated rings. The van der Waals surface area contributed by atoms with E-state index in [2.05, 4.69) is 24.0 Å². The van der Waals surface area contributed by atoms with Gasteiger partial charge in [-0.25, -0.2) is 4.79 Å². The summed E-state index contributed by atoms with van der Waals surface area (Å²) >= 11 is 0. The molecule has 0 N–H and O–H groups in total. The second kappa shape index (κ2) is 8.15. The van der Waals surface area contributed by atoms with E-state index in [0.29, 0.717) is 0 Å². The van der Waals surface area contributed by atoms with Gasteiger partial charge in [0.25, 0.3) is 0 Å². The third-order valence-electron chi connectivity index (χ3n) is 3.87. The van der Waals surface area contributed by atoms with Crippen LogP contribution < -0.4 is 4.74 Å². The van der Waals surface area contributed by atoms with Crippen molar-refractivity contribution in [3.8, 4) is 5.75 Å². The van der Waals surface area contributed by atoms with E-state index in [9.17, 15) is 4.79 Å². The van der Waals surface area contributed by atoms with Gasteiger partial charge in [0, 0.05) is 25.2 Å². The Morgan fingerprint density at radius 2 is 2.09 bits per heavy atom. The average molecular weight is 307 g/mol. The molecule has 5 heteroatoms. The lowest BCUT2D eigenvalue weighted by Crippen LogP contribution is -2.36. The smallest absolute Gasteiger partial charge is 0.346 e. The number of morpholine rings is 1. The van der Waals surface area contributed by atoms with Gasteiger partial charge >= 0.3 is 5.97 Å². The van der Waals surface area contributed by atoms with E-state index in [-0.39, 0.29) is 5.97 Å². The highest BCUT2D eigenvalue weighted by Crippen LogP contribution is 2.24. The van der Waals surface area contributed by atoms with Crippen LogP contribution in [-0.4, -0.2) is 50.4 Å².